The summed E-state index contributed by atoms with van der Waals surface area (Å²) >= 11 is 0. The zero-order valence-corrected chi connectivity index (χ0v) is 16.9. The number of urea groups is 1. The van der Waals surface area contributed by atoms with Gasteiger partial charge in [0.2, 0.25) is 0 Å². The van der Waals surface area contributed by atoms with Gasteiger partial charge in [0.25, 0.3) is 6.43 Å². The summed E-state index contributed by atoms with van der Waals surface area (Å²) in [5.74, 6) is -0.292. The predicted octanol–water partition coefficient (Wildman–Crippen LogP) is 5.62. The first-order valence-electron chi connectivity index (χ1n) is 9.16. The molecule has 9 heteroatoms. The molecule has 0 aliphatic carbocycles. The van der Waals surface area contributed by atoms with E-state index < -0.39 is 19.0 Å². The van der Waals surface area contributed by atoms with Gasteiger partial charge in [0, 0.05) is 17.4 Å². The zero-order chi connectivity index (χ0) is 21.1. The number of carbonyl (C=O) groups is 1. The second kappa shape index (κ2) is 9.53. The molecule has 2 heterocycles. The summed E-state index contributed by atoms with van der Waals surface area (Å²) < 4.78 is 39.5. The number of imidazole rings is 1. The van der Waals surface area contributed by atoms with E-state index in [1.165, 1.54) is 12.1 Å². The molecular weight excluding hydrogens is 429 g/mol. The fourth-order valence-corrected chi connectivity index (χ4v) is 3.12. The highest BCUT2D eigenvalue weighted by Crippen LogP contribution is 2.27. The number of carbonyl (C=O) groups excluding carboxylic acids is 1. The first-order chi connectivity index (χ1) is 14.5. The number of alkyl halides is 2. The van der Waals surface area contributed by atoms with Crippen LogP contribution in [0.2, 0.25) is 0 Å². The van der Waals surface area contributed by atoms with Crippen molar-refractivity contribution in [1.29, 1.82) is 0 Å². The first kappa shape index (κ1) is 22.2. The summed E-state index contributed by atoms with van der Waals surface area (Å²) in [6.45, 7) is -0.713. The van der Waals surface area contributed by atoms with Crippen molar-refractivity contribution in [1.82, 2.24) is 14.7 Å². The summed E-state index contributed by atoms with van der Waals surface area (Å²) in [6.07, 6.45) is 0.964. The lowest BCUT2D eigenvalue weighted by Gasteiger charge is -2.09. The lowest BCUT2D eigenvalue weighted by molar-refractivity contribution is 0.148. The van der Waals surface area contributed by atoms with Crippen molar-refractivity contribution in [2.75, 3.05) is 11.9 Å². The van der Waals surface area contributed by atoms with Crippen molar-refractivity contribution in [2.24, 2.45) is 0 Å². The molecule has 0 saturated carbocycles. The van der Waals surface area contributed by atoms with Crippen LogP contribution in [0.3, 0.4) is 0 Å². The monoisotopic (exact) mass is 446 g/mol. The molecule has 0 bridgehead atoms. The number of halogens is 4. The fraction of sp³-hybridized carbons (Fsp3) is 0.0909. The standard InChI is InChI=1S/C22H17F3N4O.ClH/c23-17-6-4-14(5-7-17)15-8-9-29-19(12-26-21(29)11-15)16-2-1-3-18(10-16)28-22(30)27-13-20(24)25;/h1-12,20H,13H2,(H2,27,28,30);1H. The van der Waals surface area contributed by atoms with E-state index >= 15 is 0 Å². The van der Waals surface area contributed by atoms with Crippen LogP contribution in [0, 0.1) is 5.82 Å². The number of amides is 2. The van der Waals surface area contributed by atoms with Gasteiger partial charge in [0.1, 0.15) is 11.5 Å². The highest BCUT2D eigenvalue weighted by Gasteiger charge is 2.10. The van der Waals surface area contributed by atoms with Gasteiger partial charge in [0.05, 0.1) is 18.4 Å². The molecule has 0 fully saturated rings. The van der Waals surface area contributed by atoms with Gasteiger partial charge in [-0.3, -0.25) is 4.40 Å². The molecule has 31 heavy (non-hydrogen) atoms. The number of nitrogens with zero attached hydrogens (tertiary/aromatic N) is 2. The lowest BCUT2D eigenvalue weighted by atomic mass is 10.1. The summed E-state index contributed by atoms with van der Waals surface area (Å²) in [5.41, 5.74) is 4.56. The van der Waals surface area contributed by atoms with Crippen molar-refractivity contribution < 1.29 is 18.0 Å². The van der Waals surface area contributed by atoms with Gasteiger partial charge >= 0.3 is 6.03 Å². The Balaban J connectivity index is 0.00000272. The van der Waals surface area contributed by atoms with Gasteiger partial charge in [-0.15, -0.1) is 12.4 Å². The average Bonchev–Trinajstić information content (AvgIpc) is 3.16. The largest absolute Gasteiger partial charge is 0.332 e. The quantitative estimate of drug-likeness (QED) is 0.418. The Morgan fingerprint density at radius 1 is 1.00 bits per heavy atom. The number of fused-ring (bicyclic) bond motifs is 1. The van der Waals surface area contributed by atoms with E-state index in [1.54, 1.807) is 36.5 Å². The Morgan fingerprint density at radius 2 is 1.77 bits per heavy atom. The van der Waals surface area contributed by atoms with Gasteiger partial charge in [0.15, 0.2) is 0 Å². The smallest absolute Gasteiger partial charge is 0.319 e. The molecule has 0 spiro atoms. The van der Waals surface area contributed by atoms with Gasteiger partial charge < -0.3 is 10.6 Å². The van der Waals surface area contributed by atoms with Crippen LogP contribution in [-0.2, 0) is 0 Å². The van der Waals surface area contributed by atoms with Crippen molar-refractivity contribution in [3.8, 4) is 22.4 Å². The Morgan fingerprint density at radius 3 is 2.52 bits per heavy atom. The Kier molecular flexibility index (Phi) is 6.81. The molecule has 0 saturated heterocycles. The minimum absolute atomic E-state index is 0. The van der Waals surface area contributed by atoms with Gasteiger partial charge in [-0.2, -0.15) is 0 Å². The number of anilines is 1. The molecule has 2 N–H and O–H groups in total. The number of hydrogen-bond acceptors (Lipinski definition) is 2. The van der Waals surface area contributed by atoms with Gasteiger partial charge in [-0.05, 0) is 47.5 Å². The molecule has 2 aromatic carbocycles. The van der Waals surface area contributed by atoms with Gasteiger partial charge in [-0.1, -0.05) is 24.3 Å². The van der Waals surface area contributed by atoms with Crippen molar-refractivity contribution in [3.63, 3.8) is 0 Å². The third kappa shape index (κ3) is 5.16. The molecule has 0 aliphatic heterocycles. The van der Waals surface area contributed by atoms with E-state index in [0.29, 0.717) is 11.3 Å². The molecule has 0 atom stereocenters. The Hall–Kier alpha value is -3.52. The normalized spacial score (nSPS) is 10.7. The zero-order valence-electron chi connectivity index (χ0n) is 16.1. The maximum atomic E-state index is 13.2. The SMILES string of the molecule is Cl.O=C(NCC(F)F)Nc1cccc(-c2cnc3cc(-c4ccc(F)cc4)ccn23)c1. The summed E-state index contributed by atoms with van der Waals surface area (Å²) in [7, 11) is 0. The van der Waals surface area contributed by atoms with Crippen LogP contribution in [0.25, 0.3) is 28.0 Å². The number of hydrogen-bond donors (Lipinski definition) is 2. The topological polar surface area (TPSA) is 58.4 Å². The summed E-state index contributed by atoms with van der Waals surface area (Å²) in [6, 6.07) is 16.4. The van der Waals surface area contributed by atoms with Crippen molar-refractivity contribution in [2.45, 2.75) is 6.43 Å². The van der Waals surface area contributed by atoms with Crippen LogP contribution in [0.15, 0.2) is 73.1 Å². The number of rotatable bonds is 5. The van der Waals surface area contributed by atoms with E-state index in [-0.39, 0.29) is 18.2 Å². The number of benzene rings is 2. The van der Waals surface area contributed by atoms with E-state index in [2.05, 4.69) is 15.6 Å². The van der Waals surface area contributed by atoms with Crippen LogP contribution < -0.4 is 10.6 Å². The minimum atomic E-state index is -2.61. The number of pyridine rings is 1. The average molecular weight is 447 g/mol. The van der Waals surface area contributed by atoms with Crippen LogP contribution >= 0.6 is 12.4 Å². The molecule has 0 unspecified atom stereocenters. The third-order valence-electron chi connectivity index (χ3n) is 4.52. The summed E-state index contributed by atoms with van der Waals surface area (Å²) in [4.78, 5) is 16.2. The van der Waals surface area contributed by atoms with E-state index in [4.69, 9.17) is 0 Å². The van der Waals surface area contributed by atoms with E-state index in [9.17, 15) is 18.0 Å². The van der Waals surface area contributed by atoms with E-state index in [0.717, 1.165) is 22.4 Å². The third-order valence-corrected chi connectivity index (χ3v) is 4.52. The Labute approximate surface area is 182 Å². The second-order valence-corrected chi connectivity index (χ2v) is 6.60. The highest BCUT2D eigenvalue weighted by atomic mass is 35.5. The molecule has 160 valence electrons. The molecule has 5 nitrogen and oxygen atoms in total. The van der Waals surface area contributed by atoms with Crippen molar-refractivity contribution in [3.05, 3.63) is 78.9 Å². The van der Waals surface area contributed by atoms with Gasteiger partial charge in [-0.25, -0.2) is 22.9 Å². The van der Waals surface area contributed by atoms with Crippen LogP contribution in [-0.4, -0.2) is 28.4 Å². The Bertz CT molecular complexity index is 1200. The predicted molar refractivity (Wildman–Crippen MR) is 116 cm³/mol. The molecule has 0 radical (unpaired) electrons. The highest BCUT2D eigenvalue weighted by molar-refractivity contribution is 5.90. The van der Waals surface area contributed by atoms with Crippen LogP contribution in [0.5, 0.6) is 0 Å². The molecule has 4 rings (SSSR count). The van der Waals surface area contributed by atoms with Crippen LogP contribution in [0.1, 0.15) is 0 Å². The molecule has 0 aliphatic rings. The first-order valence-corrected chi connectivity index (χ1v) is 9.16. The second-order valence-electron chi connectivity index (χ2n) is 6.60. The van der Waals surface area contributed by atoms with E-state index in [1.807, 2.05) is 28.8 Å². The fourth-order valence-electron chi connectivity index (χ4n) is 3.12. The maximum Gasteiger partial charge on any atom is 0.319 e. The lowest BCUT2D eigenvalue weighted by Crippen LogP contribution is -2.32. The number of aromatic nitrogens is 2. The minimum Gasteiger partial charge on any atom is -0.332 e. The van der Waals surface area contributed by atoms with Crippen molar-refractivity contribution >= 4 is 29.8 Å². The maximum absolute atomic E-state index is 13.2. The molecule has 2 aromatic heterocycles. The molecule has 2 amide bonds. The molecule has 4 aromatic rings. The van der Waals surface area contributed by atoms with Crippen LogP contribution in [0.4, 0.5) is 23.7 Å². The summed E-state index contributed by atoms with van der Waals surface area (Å²) in [5, 5.41) is 4.64. The number of nitrogens with one attached hydrogen (secondary N) is 2. The molecular formula is C22H18ClF3N4O.